The summed E-state index contributed by atoms with van der Waals surface area (Å²) in [4.78, 5) is 22.4. The molecule has 0 rings (SSSR count). The van der Waals surface area contributed by atoms with Crippen molar-refractivity contribution in [1.82, 2.24) is 10.2 Å². The first-order chi connectivity index (χ1) is 7.06. The smallest absolute Gasteiger partial charge is 0.245 e. The molecule has 0 heterocycles. The van der Waals surface area contributed by atoms with Gasteiger partial charge < -0.3 is 10.2 Å². The van der Waals surface area contributed by atoms with Gasteiger partial charge in [-0.2, -0.15) is 0 Å². The molecule has 0 aliphatic carbocycles. The molecule has 0 atom stereocenters. The molecule has 4 heteroatoms. The lowest BCUT2D eigenvalue weighted by atomic mass is 10.4. The van der Waals surface area contributed by atoms with Gasteiger partial charge in [0.15, 0.2) is 0 Å². The first-order valence-electron chi connectivity index (χ1n) is 4.82. The molecule has 0 unspecified atom stereocenters. The molecule has 0 aliphatic rings. The van der Waals surface area contributed by atoms with E-state index in [9.17, 15) is 9.59 Å². The van der Waals surface area contributed by atoms with Crippen LogP contribution in [0.4, 0.5) is 0 Å². The third-order valence-corrected chi connectivity index (χ3v) is 1.68. The summed E-state index contributed by atoms with van der Waals surface area (Å²) in [5.41, 5.74) is 0. The molecule has 0 saturated heterocycles. The Hall–Kier alpha value is -1.58. The van der Waals surface area contributed by atoms with E-state index >= 15 is 0 Å². The van der Waals surface area contributed by atoms with Crippen LogP contribution in [0.5, 0.6) is 0 Å². The van der Waals surface area contributed by atoms with Crippen molar-refractivity contribution in [3.8, 4) is 0 Å². The molecule has 0 fully saturated rings. The number of hydrogen-bond acceptors (Lipinski definition) is 2. The van der Waals surface area contributed by atoms with Crippen molar-refractivity contribution < 1.29 is 9.59 Å². The van der Waals surface area contributed by atoms with Crippen molar-refractivity contribution >= 4 is 11.8 Å². The highest BCUT2D eigenvalue weighted by atomic mass is 16.2. The minimum Gasteiger partial charge on any atom is -0.356 e. The summed E-state index contributed by atoms with van der Waals surface area (Å²) < 4.78 is 0. The fraction of sp³-hybridized carbons (Fsp3) is 0.455. The maximum Gasteiger partial charge on any atom is 0.245 e. The maximum atomic E-state index is 10.8. The van der Waals surface area contributed by atoms with E-state index in [0.29, 0.717) is 0 Å². The van der Waals surface area contributed by atoms with E-state index in [1.54, 1.807) is 11.9 Å². The molecule has 0 saturated carbocycles. The number of nitrogens with one attached hydrogen (secondary N) is 1. The Morgan fingerprint density at radius 3 is 1.73 bits per heavy atom. The van der Waals surface area contributed by atoms with Crippen LogP contribution in [-0.2, 0) is 9.59 Å². The third-order valence-electron chi connectivity index (χ3n) is 1.68. The fourth-order valence-corrected chi connectivity index (χ4v) is 0.766. The Kier molecular flexibility index (Phi) is 11.1. The van der Waals surface area contributed by atoms with Crippen molar-refractivity contribution in [3.63, 3.8) is 0 Å². The van der Waals surface area contributed by atoms with Gasteiger partial charge in [-0.1, -0.05) is 13.2 Å². The van der Waals surface area contributed by atoms with Gasteiger partial charge in [-0.3, -0.25) is 9.59 Å². The quantitative estimate of drug-likeness (QED) is 0.706. The molecule has 0 spiro atoms. The van der Waals surface area contributed by atoms with Crippen LogP contribution in [0, 0.1) is 0 Å². The monoisotopic (exact) mass is 212 g/mol. The largest absolute Gasteiger partial charge is 0.356 e. The number of carbonyl (C=O) groups is 2. The van der Waals surface area contributed by atoms with Crippen LogP contribution in [0.1, 0.15) is 13.8 Å². The van der Waals surface area contributed by atoms with Crippen molar-refractivity contribution in [1.29, 1.82) is 0 Å². The normalized spacial score (nSPS) is 7.93. The number of likely N-dealkylation sites (N-methyl/N-ethyl adjacent to an activating group) is 2. The van der Waals surface area contributed by atoms with Gasteiger partial charge in [0.05, 0.1) is 0 Å². The van der Waals surface area contributed by atoms with Crippen molar-refractivity contribution in [2.75, 3.05) is 20.1 Å². The lowest BCUT2D eigenvalue weighted by Gasteiger charge is -2.15. The number of nitrogens with zero attached hydrogens (tertiary/aromatic N) is 1. The highest BCUT2D eigenvalue weighted by Gasteiger charge is 2.01. The highest BCUT2D eigenvalue weighted by Crippen LogP contribution is 1.87. The molecule has 1 N–H and O–H groups in total. The number of rotatable bonds is 4. The standard InChI is InChI=1S/C7H13NO.C4H7NO/c1-4-7(9)8(5-2)6-3;1-3-4(6)5-2/h4H,1,5-6H2,2-3H3;3H,1H2,2H3,(H,5,6). The first kappa shape index (κ1) is 15.9. The highest BCUT2D eigenvalue weighted by molar-refractivity contribution is 5.87. The number of amides is 2. The zero-order chi connectivity index (χ0) is 12.3. The Balaban J connectivity index is 0. The Labute approximate surface area is 91.6 Å². The second-order valence-corrected chi connectivity index (χ2v) is 2.53. The van der Waals surface area contributed by atoms with Crippen molar-refractivity contribution in [2.24, 2.45) is 0 Å². The van der Waals surface area contributed by atoms with E-state index in [1.807, 2.05) is 13.8 Å². The predicted molar refractivity (Wildman–Crippen MR) is 62.4 cm³/mol. The predicted octanol–water partition coefficient (Wildman–Crippen LogP) is 0.959. The molecule has 2 amide bonds. The summed E-state index contributed by atoms with van der Waals surface area (Å²) >= 11 is 0. The second kappa shape index (κ2) is 10.5. The van der Waals surface area contributed by atoms with E-state index in [4.69, 9.17) is 0 Å². The molecule has 0 aromatic heterocycles. The number of carbonyl (C=O) groups excluding carboxylic acids is 2. The SMILES string of the molecule is C=CC(=O)N(CC)CC.C=CC(=O)NC. The summed E-state index contributed by atoms with van der Waals surface area (Å²) in [7, 11) is 1.56. The molecule has 0 bridgehead atoms. The molecule has 0 radical (unpaired) electrons. The summed E-state index contributed by atoms with van der Waals surface area (Å²) in [6.45, 7) is 12.0. The van der Waals surface area contributed by atoms with Crippen LogP contribution < -0.4 is 5.32 Å². The van der Waals surface area contributed by atoms with E-state index in [-0.39, 0.29) is 11.8 Å². The Morgan fingerprint density at radius 1 is 1.20 bits per heavy atom. The van der Waals surface area contributed by atoms with E-state index in [2.05, 4.69) is 18.5 Å². The third kappa shape index (κ3) is 8.74. The maximum absolute atomic E-state index is 10.8. The topological polar surface area (TPSA) is 49.4 Å². The van der Waals surface area contributed by atoms with Gasteiger partial charge in [0, 0.05) is 20.1 Å². The van der Waals surface area contributed by atoms with Gasteiger partial charge in [-0.25, -0.2) is 0 Å². The second-order valence-electron chi connectivity index (χ2n) is 2.53. The molecular weight excluding hydrogens is 192 g/mol. The van der Waals surface area contributed by atoms with Crippen molar-refractivity contribution in [2.45, 2.75) is 13.8 Å². The van der Waals surface area contributed by atoms with Crippen LogP contribution in [0.15, 0.2) is 25.3 Å². The molecule has 0 aliphatic heterocycles. The molecule has 15 heavy (non-hydrogen) atoms. The van der Waals surface area contributed by atoms with E-state index in [1.165, 1.54) is 12.2 Å². The van der Waals surface area contributed by atoms with Gasteiger partial charge in [0.25, 0.3) is 0 Å². The Bertz CT molecular complexity index is 221. The molecule has 86 valence electrons. The van der Waals surface area contributed by atoms with Gasteiger partial charge in [0.2, 0.25) is 11.8 Å². The zero-order valence-electron chi connectivity index (χ0n) is 9.75. The summed E-state index contributed by atoms with van der Waals surface area (Å²) in [5, 5.41) is 2.36. The lowest BCUT2D eigenvalue weighted by molar-refractivity contribution is -0.125. The van der Waals surface area contributed by atoms with Crippen molar-refractivity contribution in [3.05, 3.63) is 25.3 Å². The average molecular weight is 212 g/mol. The van der Waals surface area contributed by atoms with E-state index in [0.717, 1.165) is 13.1 Å². The van der Waals surface area contributed by atoms with Crippen LogP contribution in [0.3, 0.4) is 0 Å². The molecule has 0 aromatic carbocycles. The zero-order valence-corrected chi connectivity index (χ0v) is 9.75. The van der Waals surface area contributed by atoms with Gasteiger partial charge >= 0.3 is 0 Å². The van der Waals surface area contributed by atoms with Crippen LogP contribution in [0.2, 0.25) is 0 Å². The minimum absolute atomic E-state index is 0.0139. The minimum atomic E-state index is -0.144. The summed E-state index contributed by atoms with van der Waals surface area (Å²) in [5.74, 6) is -0.130. The lowest BCUT2D eigenvalue weighted by Crippen LogP contribution is -2.28. The molecule has 4 nitrogen and oxygen atoms in total. The van der Waals surface area contributed by atoms with Gasteiger partial charge in [-0.15, -0.1) is 0 Å². The van der Waals surface area contributed by atoms with E-state index < -0.39 is 0 Å². The van der Waals surface area contributed by atoms with Gasteiger partial charge in [0.1, 0.15) is 0 Å². The number of hydrogen-bond donors (Lipinski definition) is 1. The summed E-state index contributed by atoms with van der Waals surface area (Å²) in [6, 6.07) is 0. The Morgan fingerprint density at radius 2 is 1.67 bits per heavy atom. The first-order valence-corrected chi connectivity index (χ1v) is 4.82. The average Bonchev–Trinajstić information content (AvgIpc) is 2.30. The summed E-state index contributed by atoms with van der Waals surface area (Å²) in [6.07, 6.45) is 2.56. The van der Waals surface area contributed by atoms with Gasteiger partial charge in [-0.05, 0) is 26.0 Å². The van der Waals surface area contributed by atoms with Crippen LogP contribution in [-0.4, -0.2) is 36.9 Å². The van der Waals surface area contributed by atoms with Crippen LogP contribution in [0.25, 0.3) is 0 Å². The molecule has 0 aromatic rings. The molecular formula is C11H20N2O2. The fourth-order valence-electron chi connectivity index (χ4n) is 0.766. The van der Waals surface area contributed by atoms with Crippen LogP contribution >= 0.6 is 0 Å².